The molecule has 1 aliphatic carbocycles. The number of hydrogen-bond acceptors (Lipinski definition) is 8. The fraction of sp³-hybridized carbons (Fsp3) is 0.435. The molecule has 1 amide bonds. The molecule has 2 fully saturated rings. The van der Waals surface area contributed by atoms with Crippen LogP contribution in [-0.2, 0) is 4.79 Å². The van der Waals surface area contributed by atoms with E-state index in [9.17, 15) is 10.1 Å². The van der Waals surface area contributed by atoms with Gasteiger partial charge in [-0.1, -0.05) is 6.92 Å². The van der Waals surface area contributed by atoms with E-state index >= 15 is 0 Å². The third kappa shape index (κ3) is 4.19. The minimum atomic E-state index is -0.397. The molecular weight excluding hydrogens is 500 g/mol. The number of nitrogens with one attached hydrogen (secondary N) is 3. The van der Waals surface area contributed by atoms with Crippen LogP contribution in [0.2, 0.25) is 0 Å². The van der Waals surface area contributed by atoms with E-state index in [1.54, 1.807) is 30.1 Å². The van der Waals surface area contributed by atoms with Crippen molar-refractivity contribution in [2.45, 2.75) is 38.3 Å². The summed E-state index contributed by atoms with van der Waals surface area (Å²) in [5.74, 6) is 1.15. The van der Waals surface area contributed by atoms with Crippen molar-refractivity contribution in [3.63, 3.8) is 0 Å². The Morgan fingerprint density at radius 2 is 2.21 bits per heavy atom. The highest BCUT2D eigenvalue weighted by Gasteiger charge is 2.41. The summed E-state index contributed by atoms with van der Waals surface area (Å²) in [6.45, 7) is 3.56. The van der Waals surface area contributed by atoms with Crippen LogP contribution >= 0.6 is 15.9 Å². The lowest BCUT2D eigenvalue weighted by Gasteiger charge is -2.28. The fourth-order valence-electron chi connectivity index (χ4n) is 4.55. The van der Waals surface area contributed by atoms with Gasteiger partial charge in [-0.05, 0) is 47.3 Å². The molecule has 2 atom stereocenters. The Balaban J connectivity index is 1.45. The predicted octanol–water partition coefficient (Wildman–Crippen LogP) is 2.52. The first kappa shape index (κ1) is 22.6. The molecule has 0 spiro atoms. The van der Waals surface area contributed by atoms with E-state index in [1.807, 2.05) is 13.0 Å². The second-order valence-electron chi connectivity index (χ2n) is 9.08. The number of fused-ring (bicyclic) bond motifs is 1. The summed E-state index contributed by atoms with van der Waals surface area (Å²) in [5.41, 5.74) is 1.36. The average molecular weight is 525 g/mol. The normalized spacial score (nSPS) is 22.2. The third-order valence-corrected chi connectivity index (χ3v) is 7.13. The van der Waals surface area contributed by atoms with Crippen molar-refractivity contribution in [1.82, 2.24) is 30.4 Å². The Bertz CT molecular complexity index is 1300. The summed E-state index contributed by atoms with van der Waals surface area (Å²) in [6, 6.07) is 7.64. The minimum absolute atomic E-state index is 0.0586. The van der Waals surface area contributed by atoms with E-state index in [4.69, 9.17) is 9.72 Å². The fourth-order valence-corrected chi connectivity index (χ4v) is 4.99. The molecule has 3 N–H and O–H groups in total. The number of aromatic nitrogens is 4. The third-order valence-electron chi connectivity index (χ3n) is 6.54. The average Bonchev–Trinajstić information content (AvgIpc) is 3.35. The zero-order chi connectivity index (χ0) is 23.9. The highest BCUT2D eigenvalue weighted by Crippen LogP contribution is 2.39. The molecule has 176 valence electrons. The lowest BCUT2D eigenvalue weighted by atomic mass is 9.87. The lowest BCUT2D eigenvalue weighted by molar-refractivity contribution is -0.129. The summed E-state index contributed by atoms with van der Waals surface area (Å²) >= 11 is 3.50. The first-order valence-corrected chi connectivity index (χ1v) is 12.0. The Hall–Kier alpha value is -3.23. The monoisotopic (exact) mass is 524 g/mol. The lowest BCUT2D eigenvalue weighted by Crippen LogP contribution is -2.50. The van der Waals surface area contributed by atoms with E-state index in [0.29, 0.717) is 39.6 Å². The first-order chi connectivity index (χ1) is 16.4. The summed E-state index contributed by atoms with van der Waals surface area (Å²) in [7, 11) is 1.67. The number of carbonyl (C=O) groups is 1. The van der Waals surface area contributed by atoms with Gasteiger partial charge >= 0.3 is 0 Å². The van der Waals surface area contributed by atoms with Crippen molar-refractivity contribution >= 4 is 38.8 Å². The molecule has 0 radical (unpaired) electrons. The Morgan fingerprint density at radius 1 is 1.38 bits per heavy atom. The predicted molar refractivity (Wildman–Crippen MR) is 130 cm³/mol. The minimum Gasteiger partial charge on any atom is -0.488 e. The van der Waals surface area contributed by atoms with Crippen molar-refractivity contribution in [2.24, 2.45) is 5.41 Å². The van der Waals surface area contributed by atoms with Gasteiger partial charge in [-0.25, -0.2) is 9.67 Å². The molecule has 1 aromatic carbocycles. The molecule has 3 heterocycles. The van der Waals surface area contributed by atoms with Gasteiger partial charge in [-0.2, -0.15) is 15.3 Å². The number of nitriles is 1. The van der Waals surface area contributed by atoms with E-state index in [1.165, 1.54) is 0 Å². The molecular formula is C23H25BrN8O2. The Kier molecular flexibility index (Phi) is 5.87. The van der Waals surface area contributed by atoms with Crippen molar-refractivity contribution in [3.05, 3.63) is 34.6 Å². The number of amides is 1. The number of halogens is 1. The van der Waals surface area contributed by atoms with E-state index in [0.717, 1.165) is 31.3 Å². The van der Waals surface area contributed by atoms with Crippen LogP contribution in [0.5, 0.6) is 5.75 Å². The number of carbonyl (C=O) groups excluding carboxylic acids is 1. The smallest absolute Gasteiger partial charge is 0.225 e. The summed E-state index contributed by atoms with van der Waals surface area (Å²) in [4.78, 5) is 21.5. The summed E-state index contributed by atoms with van der Waals surface area (Å²) in [6.07, 6.45) is 4.17. The molecule has 0 bridgehead atoms. The van der Waals surface area contributed by atoms with Crippen LogP contribution in [0.15, 0.2) is 29.0 Å². The molecule has 3 aromatic rings. The number of rotatable bonds is 6. The zero-order valence-corrected chi connectivity index (χ0v) is 20.5. The van der Waals surface area contributed by atoms with E-state index in [-0.39, 0.29) is 18.1 Å². The SMILES string of the molecule is CNC(=O)[C@]1(C)CC[C@@H](Nc2ncc3c(Br)nn(-c4cc(C#N)cc(OC5CNC5)c4)c3n2)C1. The van der Waals surface area contributed by atoms with E-state index in [2.05, 4.69) is 48.0 Å². The molecule has 11 heteroatoms. The number of benzene rings is 1. The van der Waals surface area contributed by atoms with Crippen molar-refractivity contribution in [1.29, 1.82) is 5.26 Å². The maximum absolute atomic E-state index is 12.3. The molecule has 2 aromatic heterocycles. The van der Waals surface area contributed by atoms with Crippen molar-refractivity contribution < 1.29 is 9.53 Å². The van der Waals surface area contributed by atoms with Gasteiger partial charge in [-0.3, -0.25) is 4.79 Å². The number of hydrogen-bond donors (Lipinski definition) is 3. The topological polar surface area (TPSA) is 130 Å². The van der Waals surface area contributed by atoms with Crippen LogP contribution in [0, 0.1) is 16.7 Å². The largest absolute Gasteiger partial charge is 0.488 e. The highest BCUT2D eigenvalue weighted by molar-refractivity contribution is 9.10. The zero-order valence-electron chi connectivity index (χ0n) is 18.9. The van der Waals surface area contributed by atoms with Gasteiger partial charge in [0.15, 0.2) is 5.65 Å². The Labute approximate surface area is 205 Å². The van der Waals surface area contributed by atoms with Gasteiger partial charge in [0.1, 0.15) is 16.5 Å². The van der Waals surface area contributed by atoms with Gasteiger partial charge in [0.05, 0.1) is 22.7 Å². The van der Waals surface area contributed by atoms with Crippen molar-refractivity contribution in [3.8, 4) is 17.5 Å². The van der Waals surface area contributed by atoms with Crippen LogP contribution in [0.4, 0.5) is 5.95 Å². The Morgan fingerprint density at radius 3 is 2.91 bits per heavy atom. The quantitative estimate of drug-likeness (QED) is 0.448. The number of ether oxygens (including phenoxy) is 1. The van der Waals surface area contributed by atoms with Gasteiger partial charge in [0.25, 0.3) is 0 Å². The molecule has 0 unspecified atom stereocenters. The molecule has 2 aliphatic rings. The molecule has 1 saturated carbocycles. The summed E-state index contributed by atoms with van der Waals surface area (Å²) < 4.78 is 8.28. The van der Waals surface area contributed by atoms with Gasteiger partial charge in [0.2, 0.25) is 11.9 Å². The van der Waals surface area contributed by atoms with Crippen LogP contribution in [0.25, 0.3) is 16.7 Å². The summed E-state index contributed by atoms with van der Waals surface area (Å²) in [5, 5.41) is 24.2. The van der Waals surface area contributed by atoms with Gasteiger partial charge < -0.3 is 20.7 Å². The van der Waals surface area contributed by atoms with Crippen LogP contribution in [0.1, 0.15) is 31.7 Å². The molecule has 10 nitrogen and oxygen atoms in total. The molecule has 1 saturated heterocycles. The van der Waals surface area contributed by atoms with Crippen molar-refractivity contribution in [2.75, 3.05) is 25.5 Å². The van der Waals surface area contributed by atoms with Crippen LogP contribution < -0.4 is 20.7 Å². The van der Waals surface area contributed by atoms with Crippen LogP contribution in [0.3, 0.4) is 0 Å². The number of anilines is 1. The van der Waals surface area contributed by atoms with E-state index < -0.39 is 5.41 Å². The van der Waals surface area contributed by atoms with Crippen LogP contribution in [-0.4, -0.2) is 57.9 Å². The maximum atomic E-state index is 12.3. The maximum Gasteiger partial charge on any atom is 0.225 e. The standard InChI is InChI=1S/C23H25BrN8O2/c1-23(21(33)26-2)4-3-14(8-23)29-22-28-12-18-19(24)31-32(20(18)30-22)15-5-13(9-25)6-16(7-15)34-17-10-27-11-17/h5-7,12,14,17,27H,3-4,8,10-11H2,1-2H3,(H,26,33)(H,28,29,30)/t14-,23-/m1/s1. The second kappa shape index (κ2) is 8.85. The number of nitrogens with zero attached hydrogens (tertiary/aromatic N) is 5. The van der Waals surface area contributed by atoms with Gasteiger partial charge in [-0.15, -0.1) is 0 Å². The molecule has 34 heavy (non-hydrogen) atoms. The highest BCUT2D eigenvalue weighted by atomic mass is 79.9. The molecule has 5 rings (SSSR count). The molecule has 1 aliphatic heterocycles. The first-order valence-electron chi connectivity index (χ1n) is 11.2. The second-order valence-corrected chi connectivity index (χ2v) is 9.83. The van der Waals surface area contributed by atoms with Gasteiger partial charge in [0, 0.05) is 43.9 Å².